The van der Waals surface area contributed by atoms with E-state index in [1.165, 1.54) is 0 Å². The predicted molar refractivity (Wildman–Crippen MR) is 72.3 cm³/mol. The van der Waals surface area contributed by atoms with Crippen molar-refractivity contribution < 1.29 is 9.53 Å². The Balaban J connectivity index is 2.68. The first-order valence-electron chi connectivity index (χ1n) is 5.60. The smallest absolute Gasteiger partial charge is 0.252 e. The minimum Gasteiger partial charge on any atom is -0.365 e. The van der Waals surface area contributed by atoms with Gasteiger partial charge in [0, 0.05) is 17.3 Å². The van der Waals surface area contributed by atoms with Gasteiger partial charge in [0.25, 0.3) is 5.91 Å². The molecule has 0 spiro atoms. The van der Waals surface area contributed by atoms with E-state index < -0.39 is 5.60 Å². The van der Waals surface area contributed by atoms with Crippen LogP contribution in [0.3, 0.4) is 0 Å². The van der Waals surface area contributed by atoms with Crippen molar-refractivity contribution in [3.63, 3.8) is 0 Å². The zero-order valence-electron chi connectivity index (χ0n) is 9.82. The summed E-state index contributed by atoms with van der Waals surface area (Å²) in [6.45, 7) is 4.63. The zero-order valence-corrected chi connectivity index (χ0v) is 13.0. The number of carbonyl (C=O) groups is 1. The van der Waals surface area contributed by atoms with E-state index >= 15 is 0 Å². The lowest BCUT2D eigenvalue weighted by atomic mass is 9.97. The third-order valence-corrected chi connectivity index (χ3v) is 5.41. The average Bonchev–Trinajstić information content (AvgIpc) is 2.74. The van der Waals surface area contributed by atoms with E-state index in [2.05, 4.69) is 44.1 Å². The Kier molecular flexibility index (Phi) is 5.26. The molecule has 1 atom stereocenters. The Morgan fingerprint density at radius 3 is 2.50 bits per heavy atom. The number of nitrogens with one attached hydrogen (secondary N) is 1. The molecular weight excluding hydrogens is 338 g/mol. The first kappa shape index (κ1) is 14.5. The van der Waals surface area contributed by atoms with Crippen LogP contribution in [-0.2, 0) is 9.53 Å². The molecule has 0 aliphatic carbocycles. The van der Waals surface area contributed by atoms with Gasteiger partial charge < -0.3 is 10.1 Å². The molecular formula is C11H19Br2NO2. The highest BCUT2D eigenvalue weighted by Gasteiger charge is 2.41. The highest BCUT2D eigenvalue weighted by Crippen LogP contribution is 2.27. The van der Waals surface area contributed by atoms with Crippen LogP contribution in [0, 0.1) is 0 Å². The molecule has 1 unspecified atom stereocenters. The molecule has 1 aliphatic heterocycles. The van der Waals surface area contributed by atoms with Crippen molar-refractivity contribution in [1.29, 1.82) is 0 Å². The third kappa shape index (κ3) is 2.99. The third-order valence-electron chi connectivity index (χ3n) is 3.27. The summed E-state index contributed by atoms with van der Waals surface area (Å²) in [6.07, 6.45) is 2.65. The van der Waals surface area contributed by atoms with E-state index in [4.69, 9.17) is 4.74 Å². The molecule has 0 radical (unpaired) electrons. The van der Waals surface area contributed by atoms with Gasteiger partial charge in [0.2, 0.25) is 0 Å². The minimum absolute atomic E-state index is 0.00532. The van der Waals surface area contributed by atoms with Crippen molar-refractivity contribution in [3.8, 4) is 0 Å². The molecule has 5 heteroatoms. The van der Waals surface area contributed by atoms with E-state index in [0.29, 0.717) is 6.61 Å². The fourth-order valence-corrected chi connectivity index (χ4v) is 3.71. The van der Waals surface area contributed by atoms with Crippen molar-refractivity contribution in [2.24, 2.45) is 0 Å². The largest absolute Gasteiger partial charge is 0.365 e. The number of hydrogen-bond acceptors (Lipinski definition) is 2. The number of hydrogen-bond donors (Lipinski definition) is 1. The molecule has 94 valence electrons. The van der Waals surface area contributed by atoms with Crippen molar-refractivity contribution >= 4 is 37.8 Å². The summed E-state index contributed by atoms with van der Waals surface area (Å²) in [6, 6.07) is 0. The highest BCUT2D eigenvalue weighted by atomic mass is 79.9. The Labute approximate surface area is 114 Å². The van der Waals surface area contributed by atoms with Crippen LogP contribution in [-0.4, -0.2) is 34.3 Å². The van der Waals surface area contributed by atoms with Crippen LogP contribution in [0.1, 0.15) is 33.1 Å². The van der Waals surface area contributed by atoms with E-state index in [0.717, 1.165) is 29.9 Å². The molecule has 1 rings (SSSR count). The quantitative estimate of drug-likeness (QED) is 0.769. The monoisotopic (exact) mass is 355 g/mol. The lowest BCUT2D eigenvalue weighted by Crippen LogP contribution is -2.57. The molecule has 0 saturated carbocycles. The highest BCUT2D eigenvalue weighted by molar-refractivity contribution is 9.09. The molecule has 1 amide bonds. The molecule has 0 aromatic rings. The van der Waals surface area contributed by atoms with E-state index in [1.807, 2.05) is 6.92 Å². The van der Waals surface area contributed by atoms with Crippen molar-refractivity contribution in [3.05, 3.63) is 0 Å². The zero-order chi connectivity index (χ0) is 12.2. The SMILES string of the molecule is CCC(CBr)(CBr)NC(=O)C1(C)CCCO1. The Morgan fingerprint density at radius 1 is 1.50 bits per heavy atom. The molecule has 1 heterocycles. The maximum Gasteiger partial charge on any atom is 0.252 e. The van der Waals surface area contributed by atoms with Gasteiger partial charge in [0.05, 0.1) is 5.54 Å². The minimum atomic E-state index is -0.634. The summed E-state index contributed by atoms with van der Waals surface area (Å²) in [4.78, 5) is 12.2. The lowest BCUT2D eigenvalue weighted by molar-refractivity contribution is -0.141. The number of amides is 1. The van der Waals surface area contributed by atoms with Gasteiger partial charge in [-0.05, 0) is 26.2 Å². The number of rotatable bonds is 5. The summed E-state index contributed by atoms with van der Waals surface area (Å²) in [5, 5.41) is 4.58. The topological polar surface area (TPSA) is 38.3 Å². The van der Waals surface area contributed by atoms with Crippen LogP contribution < -0.4 is 5.32 Å². The fraction of sp³-hybridized carbons (Fsp3) is 0.909. The Hall–Kier alpha value is 0.390. The molecule has 1 aliphatic rings. The van der Waals surface area contributed by atoms with Gasteiger partial charge in [-0.15, -0.1) is 0 Å². The van der Waals surface area contributed by atoms with Crippen LogP contribution in [0.4, 0.5) is 0 Å². The Morgan fingerprint density at radius 2 is 2.12 bits per heavy atom. The Bertz CT molecular complexity index is 240. The summed E-state index contributed by atoms with van der Waals surface area (Å²) in [5.41, 5.74) is -0.850. The van der Waals surface area contributed by atoms with E-state index in [-0.39, 0.29) is 11.4 Å². The second kappa shape index (κ2) is 5.83. The van der Waals surface area contributed by atoms with Gasteiger partial charge in [-0.3, -0.25) is 4.79 Å². The molecule has 0 aromatic carbocycles. The number of carbonyl (C=O) groups excluding carboxylic acids is 1. The van der Waals surface area contributed by atoms with Crippen LogP contribution in [0.2, 0.25) is 0 Å². The van der Waals surface area contributed by atoms with Gasteiger partial charge >= 0.3 is 0 Å². The lowest BCUT2D eigenvalue weighted by Gasteiger charge is -2.34. The molecule has 16 heavy (non-hydrogen) atoms. The molecule has 0 bridgehead atoms. The summed E-state index contributed by atoms with van der Waals surface area (Å²) < 4.78 is 5.54. The molecule has 3 nitrogen and oxygen atoms in total. The van der Waals surface area contributed by atoms with Crippen LogP contribution in [0.5, 0.6) is 0 Å². The van der Waals surface area contributed by atoms with Crippen LogP contribution in [0.25, 0.3) is 0 Å². The normalized spacial score (nSPS) is 25.8. The van der Waals surface area contributed by atoms with Gasteiger partial charge in [-0.1, -0.05) is 38.8 Å². The number of ether oxygens (including phenoxy) is 1. The van der Waals surface area contributed by atoms with Gasteiger partial charge in [0.15, 0.2) is 0 Å². The molecule has 1 saturated heterocycles. The summed E-state index contributed by atoms with van der Waals surface area (Å²) in [5.74, 6) is 0.00532. The van der Waals surface area contributed by atoms with Crippen LogP contribution in [0.15, 0.2) is 0 Å². The molecule has 1 N–H and O–H groups in total. The molecule has 1 fully saturated rings. The predicted octanol–water partition coefficient (Wildman–Crippen LogP) is 2.61. The number of halogens is 2. The first-order valence-corrected chi connectivity index (χ1v) is 7.85. The fourth-order valence-electron chi connectivity index (χ4n) is 1.71. The average molecular weight is 357 g/mol. The van der Waals surface area contributed by atoms with Crippen molar-refractivity contribution in [2.75, 3.05) is 17.3 Å². The molecule has 0 aromatic heterocycles. The van der Waals surface area contributed by atoms with Crippen LogP contribution >= 0.6 is 31.9 Å². The number of alkyl halides is 2. The van der Waals surface area contributed by atoms with Gasteiger partial charge in [-0.25, -0.2) is 0 Å². The van der Waals surface area contributed by atoms with Crippen molar-refractivity contribution in [1.82, 2.24) is 5.32 Å². The van der Waals surface area contributed by atoms with E-state index in [1.54, 1.807) is 0 Å². The first-order chi connectivity index (χ1) is 7.52. The second-order valence-electron chi connectivity index (χ2n) is 4.54. The summed E-state index contributed by atoms with van der Waals surface area (Å²) >= 11 is 6.93. The second-order valence-corrected chi connectivity index (χ2v) is 5.66. The van der Waals surface area contributed by atoms with Gasteiger partial charge in [-0.2, -0.15) is 0 Å². The standard InChI is InChI=1S/C11H19Br2NO2/c1-3-11(7-12,8-13)14-9(15)10(2)5-4-6-16-10/h3-8H2,1-2H3,(H,14,15). The van der Waals surface area contributed by atoms with Crippen molar-refractivity contribution in [2.45, 2.75) is 44.2 Å². The van der Waals surface area contributed by atoms with Gasteiger partial charge in [0.1, 0.15) is 5.60 Å². The maximum absolute atomic E-state index is 12.2. The maximum atomic E-state index is 12.2. The van der Waals surface area contributed by atoms with E-state index in [9.17, 15) is 4.79 Å². The summed E-state index contributed by atoms with van der Waals surface area (Å²) in [7, 11) is 0.